The Morgan fingerprint density at radius 1 is 1.54 bits per heavy atom. The lowest BCUT2D eigenvalue weighted by atomic mass is 10.3. The van der Waals surface area contributed by atoms with E-state index >= 15 is 0 Å². The van der Waals surface area contributed by atoms with Crippen molar-refractivity contribution in [2.45, 2.75) is 13.3 Å². The van der Waals surface area contributed by atoms with Crippen molar-refractivity contribution in [3.05, 3.63) is 11.8 Å². The Morgan fingerprint density at radius 2 is 2.15 bits per heavy atom. The van der Waals surface area contributed by atoms with Crippen molar-refractivity contribution in [3.63, 3.8) is 0 Å². The summed E-state index contributed by atoms with van der Waals surface area (Å²) in [7, 11) is 0. The van der Waals surface area contributed by atoms with Gasteiger partial charge in [-0.2, -0.15) is 0 Å². The van der Waals surface area contributed by atoms with Gasteiger partial charge in [0.25, 0.3) is 11.8 Å². The van der Waals surface area contributed by atoms with Gasteiger partial charge in [-0.1, -0.05) is 6.08 Å². The Kier molecular flexibility index (Phi) is 2.46. The van der Waals surface area contributed by atoms with Crippen LogP contribution in [0.4, 0.5) is 0 Å². The molecule has 0 aliphatic carbocycles. The lowest BCUT2D eigenvalue weighted by Crippen LogP contribution is -2.33. The lowest BCUT2D eigenvalue weighted by molar-refractivity contribution is -0.139. The van der Waals surface area contributed by atoms with Gasteiger partial charge >= 0.3 is 0 Å². The number of primary amides is 1. The van der Waals surface area contributed by atoms with Gasteiger partial charge in [-0.3, -0.25) is 14.4 Å². The molecule has 2 amide bonds. The molecule has 0 unspecified atom stereocenters. The maximum Gasteiger partial charge on any atom is 0.294 e. The summed E-state index contributed by atoms with van der Waals surface area (Å²) >= 11 is 0. The van der Waals surface area contributed by atoms with Gasteiger partial charge < -0.3 is 10.6 Å². The Hall–Kier alpha value is -1.65. The topological polar surface area (TPSA) is 80.5 Å². The zero-order chi connectivity index (χ0) is 10.0. The molecule has 1 saturated heterocycles. The highest BCUT2D eigenvalue weighted by atomic mass is 16.2. The van der Waals surface area contributed by atoms with Gasteiger partial charge in [0.2, 0.25) is 5.78 Å². The summed E-state index contributed by atoms with van der Waals surface area (Å²) in [5.41, 5.74) is 5.12. The molecule has 13 heavy (non-hydrogen) atoms. The molecule has 0 atom stereocenters. The van der Waals surface area contributed by atoms with Crippen LogP contribution in [0.15, 0.2) is 11.8 Å². The molecular weight excluding hydrogens is 172 g/mol. The van der Waals surface area contributed by atoms with Crippen LogP contribution in [0.3, 0.4) is 0 Å². The second kappa shape index (κ2) is 3.38. The molecular formula is C8H10N2O3. The predicted octanol–water partition coefficient (Wildman–Crippen LogP) is -0.823. The van der Waals surface area contributed by atoms with Crippen LogP contribution in [-0.2, 0) is 14.4 Å². The number of hydrogen-bond donors (Lipinski definition) is 1. The van der Waals surface area contributed by atoms with E-state index in [1.807, 2.05) is 0 Å². The number of Topliss-reactive ketones (excluding diaryl/α,β-unsaturated/α-hetero) is 1. The third-order valence-corrected chi connectivity index (χ3v) is 1.86. The van der Waals surface area contributed by atoms with Crippen LogP contribution in [0.2, 0.25) is 0 Å². The second-order valence-corrected chi connectivity index (χ2v) is 2.67. The molecule has 0 aromatic heterocycles. The van der Waals surface area contributed by atoms with Crippen LogP contribution in [0.5, 0.6) is 0 Å². The van der Waals surface area contributed by atoms with Crippen molar-refractivity contribution < 1.29 is 14.4 Å². The molecule has 0 aromatic rings. The SMILES string of the molecule is C/C=C(/C(N)=O)N1CCC(=O)C1=O. The van der Waals surface area contributed by atoms with E-state index in [0.717, 1.165) is 4.90 Å². The maximum absolute atomic E-state index is 11.1. The van der Waals surface area contributed by atoms with Gasteiger partial charge in [-0.25, -0.2) is 0 Å². The first-order chi connectivity index (χ1) is 6.07. The van der Waals surface area contributed by atoms with E-state index in [1.54, 1.807) is 6.92 Å². The number of carbonyl (C=O) groups excluding carboxylic acids is 3. The number of carbonyl (C=O) groups is 3. The molecule has 1 aliphatic heterocycles. The number of nitrogens with two attached hydrogens (primary N) is 1. The fourth-order valence-electron chi connectivity index (χ4n) is 1.23. The van der Waals surface area contributed by atoms with Gasteiger partial charge in [0.1, 0.15) is 5.70 Å². The molecule has 1 heterocycles. The van der Waals surface area contributed by atoms with Crippen LogP contribution in [-0.4, -0.2) is 29.0 Å². The monoisotopic (exact) mass is 182 g/mol. The molecule has 5 nitrogen and oxygen atoms in total. The van der Waals surface area contributed by atoms with Crippen molar-refractivity contribution in [1.29, 1.82) is 0 Å². The molecule has 0 saturated carbocycles. The van der Waals surface area contributed by atoms with Crippen LogP contribution >= 0.6 is 0 Å². The Morgan fingerprint density at radius 3 is 2.46 bits per heavy atom. The zero-order valence-corrected chi connectivity index (χ0v) is 7.24. The molecule has 70 valence electrons. The van der Waals surface area contributed by atoms with Crippen molar-refractivity contribution in [2.75, 3.05) is 6.54 Å². The molecule has 1 fully saturated rings. The van der Waals surface area contributed by atoms with E-state index in [2.05, 4.69) is 0 Å². The van der Waals surface area contributed by atoms with E-state index in [4.69, 9.17) is 5.73 Å². The first-order valence-electron chi connectivity index (χ1n) is 3.88. The number of amides is 2. The number of rotatable bonds is 2. The summed E-state index contributed by atoms with van der Waals surface area (Å²) in [5.74, 6) is -1.81. The predicted molar refractivity (Wildman–Crippen MR) is 44.3 cm³/mol. The van der Waals surface area contributed by atoms with Crippen LogP contribution in [0.1, 0.15) is 13.3 Å². The first kappa shape index (κ1) is 9.44. The second-order valence-electron chi connectivity index (χ2n) is 2.67. The minimum atomic E-state index is -0.689. The quantitative estimate of drug-likeness (QED) is 0.447. The minimum absolute atomic E-state index is 0.0934. The van der Waals surface area contributed by atoms with Crippen molar-refractivity contribution in [3.8, 4) is 0 Å². The number of allylic oxidation sites excluding steroid dienone is 1. The van der Waals surface area contributed by atoms with Gasteiger partial charge in [0.15, 0.2) is 0 Å². The number of hydrogen-bond acceptors (Lipinski definition) is 3. The van der Waals surface area contributed by atoms with E-state index in [-0.39, 0.29) is 18.7 Å². The van der Waals surface area contributed by atoms with E-state index in [0.29, 0.717) is 0 Å². The van der Waals surface area contributed by atoms with Crippen molar-refractivity contribution >= 4 is 17.6 Å². The van der Waals surface area contributed by atoms with E-state index < -0.39 is 17.6 Å². The molecule has 0 bridgehead atoms. The van der Waals surface area contributed by atoms with Crippen molar-refractivity contribution in [1.82, 2.24) is 4.90 Å². The van der Waals surface area contributed by atoms with Gasteiger partial charge in [0, 0.05) is 13.0 Å². The Labute approximate surface area is 75.2 Å². The average Bonchev–Trinajstić information content (AvgIpc) is 2.37. The van der Waals surface area contributed by atoms with Gasteiger partial charge in [0.05, 0.1) is 0 Å². The van der Waals surface area contributed by atoms with E-state index in [1.165, 1.54) is 6.08 Å². The molecule has 5 heteroatoms. The third kappa shape index (κ3) is 1.58. The lowest BCUT2D eigenvalue weighted by Gasteiger charge is -2.14. The molecule has 2 N–H and O–H groups in total. The zero-order valence-electron chi connectivity index (χ0n) is 7.24. The fraction of sp³-hybridized carbons (Fsp3) is 0.375. The normalized spacial score (nSPS) is 18.2. The van der Waals surface area contributed by atoms with Crippen LogP contribution < -0.4 is 5.73 Å². The highest BCUT2D eigenvalue weighted by molar-refractivity contribution is 6.38. The smallest absolute Gasteiger partial charge is 0.294 e. The molecule has 0 radical (unpaired) electrons. The summed E-state index contributed by atoms with van der Waals surface area (Å²) in [4.78, 5) is 33.9. The summed E-state index contributed by atoms with van der Waals surface area (Å²) in [5, 5.41) is 0. The Balaban J connectivity index is 2.90. The fourth-order valence-corrected chi connectivity index (χ4v) is 1.23. The summed E-state index contributed by atoms with van der Waals surface area (Å²) in [6.45, 7) is 1.84. The summed E-state index contributed by atoms with van der Waals surface area (Å²) in [6.07, 6.45) is 1.59. The van der Waals surface area contributed by atoms with Crippen molar-refractivity contribution in [2.24, 2.45) is 5.73 Å². The average molecular weight is 182 g/mol. The first-order valence-corrected chi connectivity index (χ1v) is 3.88. The standard InChI is InChI=1S/C8H10N2O3/c1-2-5(7(9)12)10-4-3-6(11)8(10)13/h2H,3-4H2,1H3,(H2,9,12)/b5-2-. The number of ketones is 1. The van der Waals surface area contributed by atoms with Gasteiger partial charge in [-0.05, 0) is 6.92 Å². The molecule has 1 rings (SSSR count). The highest BCUT2D eigenvalue weighted by Crippen LogP contribution is 2.13. The summed E-state index contributed by atoms with van der Waals surface area (Å²) in [6, 6.07) is 0. The van der Waals surface area contributed by atoms with Crippen LogP contribution in [0, 0.1) is 0 Å². The third-order valence-electron chi connectivity index (χ3n) is 1.86. The number of likely N-dealkylation sites (tertiary alicyclic amines) is 1. The summed E-state index contributed by atoms with van der Waals surface area (Å²) < 4.78 is 0. The minimum Gasteiger partial charge on any atom is -0.364 e. The largest absolute Gasteiger partial charge is 0.364 e. The maximum atomic E-state index is 11.1. The molecule has 0 spiro atoms. The highest BCUT2D eigenvalue weighted by Gasteiger charge is 2.32. The van der Waals surface area contributed by atoms with E-state index in [9.17, 15) is 14.4 Å². The Bertz CT molecular complexity index is 307. The molecule has 1 aliphatic rings. The molecule has 0 aromatic carbocycles. The number of nitrogens with zero attached hydrogens (tertiary/aromatic N) is 1. The van der Waals surface area contributed by atoms with Crippen LogP contribution in [0.25, 0.3) is 0 Å². The van der Waals surface area contributed by atoms with Gasteiger partial charge in [-0.15, -0.1) is 0 Å².